The van der Waals surface area contributed by atoms with Crippen LogP contribution in [0, 0.1) is 10.1 Å². The molecule has 0 bridgehead atoms. The molecule has 0 fully saturated rings. The van der Waals surface area contributed by atoms with E-state index in [-0.39, 0.29) is 5.69 Å². The van der Waals surface area contributed by atoms with E-state index >= 15 is 0 Å². The van der Waals surface area contributed by atoms with Crippen LogP contribution in [0.25, 0.3) is 0 Å². The van der Waals surface area contributed by atoms with Crippen molar-refractivity contribution in [3.63, 3.8) is 0 Å². The standard InChI is InChI=1S/C13H19ClN2O3/c1-2-7-19-8-3-6-15-10-11-4-5-12(14)9-13(11)16(17)18/h4-5,9,15H,2-3,6-8,10H2,1H3. The van der Waals surface area contributed by atoms with E-state index in [0.29, 0.717) is 23.7 Å². The first-order chi connectivity index (χ1) is 9.15. The van der Waals surface area contributed by atoms with E-state index in [2.05, 4.69) is 12.2 Å². The number of nitro groups is 1. The van der Waals surface area contributed by atoms with E-state index in [9.17, 15) is 10.1 Å². The maximum atomic E-state index is 10.9. The van der Waals surface area contributed by atoms with Gasteiger partial charge in [0.05, 0.1) is 4.92 Å². The van der Waals surface area contributed by atoms with E-state index in [1.54, 1.807) is 12.1 Å². The highest BCUT2D eigenvalue weighted by Crippen LogP contribution is 2.22. The van der Waals surface area contributed by atoms with Crippen LogP contribution in [0.1, 0.15) is 25.3 Å². The van der Waals surface area contributed by atoms with Crippen LogP contribution < -0.4 is 5.32 Å². The summed E-state index contributed by atoms with van der Waals surface area (Å²) < 4.78 is 5.35. The van der Waals surface area contributed by atoms with Gasteiger partial charge in [-0.2, -0.15) is 0 Å². The molecule has 5 nitrogen and oxygen atoms in total. The maximum Gasteiger partial charge on any atom is 0.275 e. The lowest BCUT2D eigenvalue weighted by molar-refractivity contribution is -0.385. The molecule has 0 radical (unpaired) electrons. The lowest BCUT2D eigenvalue weighted by Crippen LogP contribution is -2.17. The quantitative estimate of drug-likeness (QED) is 0.430. The maximum absolute atomic E-state index is 10.9. The van der Waals surface area contributed by atoms with Crippen molar-refractivity contribution in [1.29, 1.82) is 0 Å². The summed E-state index contributed by atoms with van der Waals surface area (Å²) in [5.41, 5.74) is 0.700. The SMILES string of the molecule is CCCOCCCNCc1ccc(Cl)cc1[N+](=O)[O-]. The number of nitrogens with zero attached hydrogens (tertiary/aromatic N) is 1. The largest absolute Gasteiger partial charge is 0.381 e. The Kier molecular flexibility index (Phi) is 7.40. The van der Waals surface area contributed by atoms with Crippen molar-refractivity contribution in [3.05, 3.63) is 38.9 Å². The second kappa shape index (κ2) is 8.85. The zero-order chi connectivity index (χ0) is 14.1. The van der Waals surface area contributed by atoms with Gasteiger partial charge >= 0.3 is 0 Å². The first-order valence-corrected chi connectivity index (χ1v) is 6.74. The Morgan fingerprint density at radius 3 is 2.89 bits per heavy atom. The third kappa shape index (κ3) is 6.00. The minimum atomic E-state index is -0.409. The Labute approximate surface area is 118 Å². The zero-order valence-corrected chi connectivity index (χ0v) is 11.8. The minimum Gasteiger partial charge on any atom is -0.381 e. The van der Waals surface area contributed by atoms with Crippen molar-refractivity contribution in [2.45, 2.75) is 26.3 Å². The summed E-state index contributed by atoms with van der Waals surface area (Å²) in [5, 5.41) is 14.4. The molecule has 0 unspecified atom stereocenters. The summed E-state index contributed by atoms with van der Waals surface area (Å²) in [6, 6.07) is 4.72. The van der Waals surface area contributed by atoms with E-state index in [1.165, 1.54) is 6.07 Å². The Balaban J connectivity index is 2.35. The van der Waals surface area contributed by atoms with E-state index in [1.807, 2.05) is 0 Å². The molecule has 0 heterocycles. The molecule has 19 heavy (non-hydrogen) atoms. The smallest absolute Gasteiger partial charge is 0.275 e. The van der Waals surface area contributed by atoms with Crippen LogP contribution >= 0.6 is 11.6 Å². The van der Waals surface area contributed by atoms with Crippen LogP contribution in [0.2, 0.25) is 5.02 Å². The monoisotopic (exact) mass is 286 g/mol. The van der Waals surface area contributed by atoms with Gasteiger partial charge in [-0.05, 0) is 31.5 Å². The van der Waals surface area contributed by atoms with Crippen molar-refractivity contribution < 1.29 is 9.66 Å². The van der Waals surface area contributed by atoms with Crippen molar-refractivity contribution in [3.8, 4) is 0 Å². The van der Waals surface area contributed by atoms with Gasteiger partial charge < -0.3 is 10.1 Å². The second-order valence-electron chi connectivity index (χ2n) is 4.17. The molecule has 1 rings (SSSR count). The number of nitrogens with one attached hydrogen (secondary N) is 1. The number of hydrogen-bond acceptors (Lipinski definition) is 4. The molecule has 0 aromatic heterocycles. The summed E-state index contributed by atoms with van der Waals surface area (Å²) in [4.78, 5) is 10.5. The van der Waals surface area contributed by atoms with Crippen LogP contribution in [0.15, 0.2) is 18.2 Å². The molecule has 1 aromatic rings. The molecule has 0 spiro atoms. The van der Waals surface area contributed by atoms with Crippen molar-refractivity contribution >= 4 is 17.3 Å². The molecule has 0 atom stereocenters. The van der Waals surface area contributed by atoms with E-state index in [4.69, 9.17) is 16.3 Å². The number of hydrogen-bond donors (Lipinski definition) is 1. The number of halogens is 1. The number of rotatable bonds is 9. The summed E-state index contributed by atoms with van der Waals surface area (Å²) in [6.45, 7) is 4.79. The molecular formula is C13H19ClN2O3. The summed E-state index contributed by atoms with van der Waals surface area (Å²) in [6.07, 6.45) is 1.91. The van der Waals surface area contributed by atoms with Crippen molar-refractivity contribution in [1.82, 2.24) is 5.32 Å². The van der Waals surface area contributed by atoms with Crippen LogP contribution in [0.5, 0.6) is 0 Å². The topological polar surface area (TPSA) is 64.4 Å². The second-order valence-corrected chi connectivity index (χ2v) is 4.61. The van der Waals surface area contributed by atoms with E-state index < -0.39 is 4.92 Å². The van der Waals surface area contributed by atoms with Gasteiger partial charge in [0, 0.05) is 36.4 Å². The molecule has 1 aromatic carbocycles. The first-order valence-electron chi connectivity index (χ1n) is 6.36. The van der Waals surface area contributed by atoms with Crippen LogP contribution in [0.4, 0.5) is 5.69 Å². The van der Waals surface area contributed by atoms with Gasteiger partial charge in [0.1, 0.15) is 0 Å². The Morgan fingerprint density at radius 2 is 2.21 bits per heavy atom. The van der Waals surface area contributed by atoms with Gasteiger partial charge in [0.15, 0.2) is 0 Å². The molecule has 0 aliphatic rings. The number of benzene rings is 1. The Bertz CT molecular complexity index is 413. The fraction of sp³-hybridized carbons (Fsp3) is 0.538. The highest BCUT2D eigenvalue weighted by atomic mass is 35.5. The lowest BCUT2D eigenvalue weighted by Gasteiger charge is -2.06. The van der Waals surface area contributed by atoms with E-state index in [0.717, 1.165) is 26.0 Å². The van der Waals surface area contributed by atoms with Gasteiger partial charge in [-0.25, -0.2) is 0 Å². The zero-order valence-electron chi connectivity index (χ0n) is 11.0. The Hall–Kier alpha value is -1.17. The fourth-order valence-electron chi connectivity index (χ4n) is 1.63. The van der Waals surface area contributed by atoms with Crippen LogP contribution in [-0.2, 0) is 11.3 Å². The van der Waals surface area contributed by atoms with Gasteiger partial charge in [0.25, 0.3) is 5.69 Å². The molecule has 106 valence electrons. The fourth-order valence-corrected chi connectivity index (χ4v) is 1.79. The van der Waals surface area contributed by atoms with Gasteiger partial charge in [-0.3, -0.25) is 10.1 Å². The lowest BCUT2D eigenvalue weighted by atomic mass is 10.2. The molecule has 0 amide bonds. The predicted octanol–water partition coefficient (Wildman–Crippen LogP) is 3.15. The third-order valence-corrected chi connectivity index (χ3v) is 2.79. The molecular weight excluding hydrogens is 268 g/mol. The van der Waals surface area contributed by atoms with Crippen LogP contribution in [0.3, 0.4) is 0 Å². The highest BCUT2D eigenvalue weighted by molar-refractivity contribution is 6.30. The summed E-state index contributed by atoms with van der Waals surface area (Å²) in [5.74, 6) is 0. The molecule has 0 aliphatic carbocycles. The third-order valence-electron chi connectivity index (χ3n) is 2.55. The number of ether oxygens (including phenoxy) is 1. The average Bonchev–Trinajstić information content (AvgIpc) is 2.39. The normalized spacial score (nSPS) is 10.6. The van der Waals surface area contributed by atoms with Crippen molar-refractivity contribution in [2.75, 3.05) is 19.8 Å². The molecule has 1 N–H and O–H groups in total. The Morgan fingerprint density at radius 1 is 1.42 bits per heavy atom. The van der Waals surface area contributed by atoms with Gasteiger partial charge in [-0.1, -0.05) is 18.5 Å². The molecule has 0 aliphatic heterocycles. The summed E-state index contributed by atoms with van der Waals surface area (Å²) >= 11 is 5.75. The van der Waals surface area contributed by atoms with Crippen LogP contribution in [-0.4, -0.2) is 24.7 Å². The molecule has 0 saturated heterocycles. The average molecular weight is 287 g/mol. The minimum absolute atomic E-state index is 0.0576. The molecule has 0 saturated carbocycles. The summed E-state index contributed by atoms with van der Waals surface area (Å²) in [7, 11) is 0. The first kappa shape index (κ1) is 15.9. The highest BCUT2D eigenvalue weighted by Gasteiger charge is 2.13. The predicted molar refractivity (Wildman–Crippen MR) is 75.5 cm³/mol. The van der Waals surface area contributed by atoms with Gasteiger partial charge in [-0.15, -0.1) is 0 Å². The van der Waals surface area contributed by atoms with Gasteiger partial charge in [0.2, 0.25) is 0 Å². The van der Waals surface area contributed by atoms with Crippen molar-refractivity contribution in [2.24, 2.45) is 0 Å². The number of nitro benzene ring substituents is 1. The molecule has 6 heteroatoms.